The molecule has 0 fully saturated rings. The first-order valence-corrected chi connectivity index (χ1v) is 10.4. The molecule has 0 heterocycles. The summed E-state index contributed by atoms with van der Waals surface area (Å²) >= 11 is 0. The molecule has 0 unspecified atom stereocenters. The molecule has 0 bridgehead atoms. The average Bonchev–Trinajstić information content (AvgIpc) is 2.66. The minimum absolute atomic E-state index is 0.0995. The van der Waals surface area contributed by atoms with Gasteiger partial charge in [0.25, 0.3) is 5.91 Å². The molecule has 0 aromatic heterocycles. The highest BCUT2D eigenvalue weighted by Crippen LogP contribution is 2.12. The van der Waals surface area contributed by atoms with Crippen molar-refractivity contribution in [1.82, 2.24) is 14.9 Å². The Hall–Kier alpha value is -2.22. The normalized spacial score (nSPS) is 11.5. The van der Waals surface area contributed by atoms with E-state index in [0.717, 1.165) is 6.42 Å². The van der Waals surface area contributed by atoms with Gasteiger partial charge in [0.05, 0.1) is 4.90 Å². The fourth-order valence-electron chi connectivity index (χ4n) is 2.53. The third kappa shape index (κ3) is 7.13. The van der Waals surface area contributed by atoms with Crippen LogP contribution in [0.1, 0.15) is 22.3 Å². The van der Waals surface area contributed by atoms with Crippen LogP contribution in [0.2, 0.25) is 0 Å². The van der Waals surface area contributed by atoms with Crippen LogP contribution >= 0.6 is 0 Å². The number of benzene rings is 2. The van der Waals surface area contributed by atoms with Crippen LogP contribution in [0.15, 0.2) is 59.5 Å². The van der Waals surface area contributed by atoms with Crippen molar-refractivity contribution in [1.29, 1.82) is 0 Å². The molecule has 0 atom stereocenters. The topological polar surface area (TPSA) is 78.5 Å². The van der Waals surface area contributed by atoms with Crippen LogP contribution in [0.3, 0.4) is 0 Å². The number of carbonyl (C=O) groups excluding carboxylic acids is 1. The van der Waals surface area contributed by atoms with Crippen molar-refractivity contribution in [3.8, 4) is 0 Å². The minimum Gasteiger partial charge on any atom is -0.351 e. The first-order valence-electron chi connectivity index (χ1n) is 8.95. The predicted molar refractivity (Wildman–Crippen MR) is 107 cm³/mol. The van der Waals surface area contributed by atoms with Crippen molar-refractivity contribution in [2.75, 3.05) is 33.7 Å². The molecule has 0 spiro atoms. The molecule has 0 saturated carbocycles. The van der Waals surface area contributed by atoms with E-state index < -0.39 is 10.0 Å². The molecule has 7 heteroatoms. The van der Waals surface area contributed by atoms with E-state index >= 15 is 0 Å². The number of amides is 1. The van der Waals surface area contributed by atoms with Gasteiger partial charge in [-0.2, -0.15) is 0 Å². The molecule has 0 aliphatic rings. The number of rotatable bonds is 10. The summed E-state index contributed by atoms with van der Waals surface area (Å²) in [6.45, 7) is 1.56. The van der Waals surface area contributed by atoms with Crippen LogP contribution in [-0.4, -0.2) is 53.0 Å². The van der Waals surface area contributed by atoms with Crippen LogP contribution in [0, 0.1) is 0 Å². The van der Waals surface area contributed by atoms with Gasteiger partial charge < -0.3 is 10.2 Å². The first kappa shape index (κ1) is 21.1. The molecular formula is C20H27N3O3S. The standard InChI is InChI=1S/C20H27N3O3S/c1-23(2)15-14-21-20(24)18-11-6-12-19(16-18)27(25,26)22-13-7-10-17-8-4-3-5-9-17/h3-6,8-9,11-12,16,22H,7,10,13-15H2,1-2H3,(H,21,24). The molecule has 0 aliphatic heterocycles. The molecule has 2 rings (SSSR count). The van der Waals surface area contributed by atoms with Crippen LogP contribution < -0.4 is 10.0 Å². The lowest BCUT2D eigenvalue weighted by molar-refractivity contribution is 0.0951. The maximum Gasteiger partial charge on any atom is 0.251 e. The van der Waals surface area contributed by atoms with Gasteiger partial charge in [0.2, 0.25) is 10.0 Å². The Bertz CT molecular complexity index is 837. The number of aryl methyl sites for hydroxylation is 1. The first-order chi connectivity index (χ1) is 12.9. The van der Waals surface area contributed by atoms with E-state index in [-0.39, 0.29) is 10.8 Å². The van der Waals surface area contributed by atoms with Crippen LogP contribution in [0.25, 0.3) is 0 Å². The van der Waals surface area contributed by atoms with Crippen LogP contribution in [0.5, 0.6) is 0 Å². The zero-order valence-corrected chi connectivity index (χ0v) is 16.6. The number of hydrogen-bond acceptors (Lipinski definition) is 4. The van der Waals surface area contributed by atoms with Crippen molar-refractivity contribution >= 4 is 15.9 Å². The molecule has 2 aromatic rings. The average molecular weight is 390 g/mol. The monoisotopic (exact) mass is 389 g/mol. The third-order valence-corrected chi connectivity index (χ3v) is 5.49. The molecule has 1 amide bonds. The molecule has 0 radical (unpaired) electrons. The highest BCUT2D eigenvalue weighted by molar-refractivity contribution is 7.89. The van der Waals surface area contributed by atoms with Gasteiger partial charge in [-0.05, 0) is 50.7 Å². The zero-order chi connectivity index (χ0) is 19.7. The molecule has 2 aromatic carbocycles. The third-order valence-electron chi connectivity index (χ3n) is 4.03. The summed E-state index contributed by atoms with van der Waals surface area (Å²) in [7, 11) is 0.196. The summed E-state index contributed by atoms with van der Waals surface area (Å²) in [6.07, 6.45) is 1.51. The minimum atomic E-state index is -3.64. The Morgan fingerprint density at radius 2 is 1.74 bits per heavy atom. The fourth-order valence-corrected chi connectivity index (χ4v) is 3.65. The molecule has 146 valence electrons. The van der Waals surface area contributed by atoms with Crippen LogP contribution in [-0.2, 0) is 16.4 Å². The van der Waals surface area contributed by atoms with Crippen molar-refractivity contribution in [2.45, 2.75) is 17.7 Å². The summed E-state index contributed by atoms with van der Waals surface area (Å²) < 4.78 is 27.5. The predicted octanol–water partition coefficient (Wildman–Crippen LogP) is 1.89. The molecule has 27 heavy (non-hydrogen) atoms. The van der Waals surface area contributed by atoms with E-state index in [2.05, 4.69) is 10.0 Å². The van der Waals surface area contributed by atoms with Gasteiger partial charge in [-0.1, -0.05) is 36.4 Å². The van der Waals surface area contributed by atoms with E-state index in [1.165, 1.54) is 17.7 Å². The fraction of sp³-hybridized carbons (Fsp3) is 0.350. The number of nitrogens with zero attached hydrogens (tertiary/aromatic N) is 1. The molecule has 2 N–H and O–H groups in total. The summed E-state index contributed by atoms with van der Waals surface area (Å²) in [6, 6.07) is 16.0. The summed E-state index contributed by atoms with van der Waals surface area (Å²) in [5.41, 5.74) is 1.51. The summed E-state index contributed by atoms with van der Waals surface area (Å²) in [5, 5.41) is 2.78. The van der Waals surface area contributed by atoms with Gasteiger partial charge in [-0.3, -0.25) is 4.79 Å². The van der Waals surface area contributed by atoms with Gasteiger partial charge in [-0.25, -0.2) is 13.1 Å². The Kier molecular flexibility index (Phi) is 7.97. The van der Waals surface area contributed by atoms with E-state index in [0.29, 0.717) is 31.6 Å². The number of nitrogens with one attached hydrogen (secondary N) is 2. The van der Waals surface area contributed by atoms with Crippen molar-refractivity contribution in [2.24, 2.45) is 0 Å². The lowest BCUT2D eigenvalue weighted by Gasteiger charge is -2.11. The summed E-state index contributed by atoms with van der Waals surface area (Å²) in [4.78, 5) is 14.2. The lowest BCUT2D eigenvalue weighted by Crippen LogP contribution is -2.31. The van der Waals surface area contributed by atoms with E-state index in [1.807, 2.05) is 49.3 Å². The largest absolute Gasteiger partial charge is 0.351 e. The zero-order valence-electron chi connectivity index (χ0n) is 15.8. The second-order valence-corrected chi connectivity index (χ2v) is 8.34. The maximum absolute atomic E-state index is 12.5. The number of likely N-dealkylation sites (N-methyl/N-ethyl adjacent to an activating group) is 1. The van der Waals surface area contributed by atoms with E-state index in [4.69, 9.17) is 0 Å². The van der Waals surface area contributed by atoms with Gasteiger partial charge in [-0.15, -0.1) is 0 Å². The molecule has 6 nitrogen and oxygen atoms in total. The van der Waals surface area contributed by atoms with Gasteiger partial charge in [0, 0.05) is 25.2 Å². The number of sulfonamides is 1. The van der Waals surface area contributed by atoms with E-state index in [9.17, 15) is 13.2 Å². The molecule has 0 aliphatic carbocycles. The van der Waals surface area contributed by atoms with Gasteiger partial charge in [0.1, 0.15) is 0 Å². The van der Waals surface area contributed by atoms with Crippen molar-refractivity contribution < 1.29 is 13.2 Å². The highest BCUT2D eigenvalue weighted by atomic mass is 32.2. The highest BCUT2D eigenvalue weighted by Gasteiger charge is 2.15. The van der Waals surface area contributed by atoms with Gasteiger partial charge in [0.15, 0.2) is 0 Å². The number of hydrogen-bond donors (Lipinski definition) is 2. The van der Waals surface area contributed by atoms with Crippen molar-refractivity contribution in [3.63, 3.8) is 0 Å². The SMILES string of the molecule is CN(C)CCNC(=O)c1cccc(S(=O)(=O)NCCCc2ccccc2)c1. The Morgan fingerprint density at radius 1 is 1.00 bits per heavy atom. The second kappa shape index (κ2) is 10.2. The lowest BCUT2D eigenvalue weighted by atomic mass is 10.1. The second-order valence-electron chi connectivity index (χ2n) is 6.57. The molecular weight excluding hydrogens is 362 g/mol. The maximum atomic E-state index is 12.5. The quantitative estimate of drug-likeness (QED) is 0.608. The smallest absolute Gasteiger partial charge is 0.251 e. The Balaban J connectivity index is 1.90. The Labute approximate surface area is 161 Å². The van der Waals surface area contributed by atoms with Crippen LogP contribution in [0.4, 0.5) is 0 Å². The Morgan fingerprint density at radius 3 is 2.44 bits per heavy atom. The van der Waals surface area contributed by atoms with Gasteiger partial charge >= 0.3 is 0 Å². The van der Waals surface area contributed by atoms with Crippen molar-refractivity contribution in [3.05, 3.63) is 65.7 Å². The van der Waals surface area contributed by atoms with E-state index in [1.54, 1.807) is 12.1 Å². The summed E-state index contributed by atoms with van der Waals surface area (Å²) in [5.74, 6) is -0.280. The molecule has 0 saturated heterocycles. The number of carbonyl (C=O) groups is 1.